The number of hydrogen-bond donors (Lipinski definition) is 8. The van der Waals surface area contributed by atoms with Gasteiger partial charge in [-0.3, -0.25) is 0 Å². The van der Waals surface area contributed by atoms with E-state index < -0.39 is 86.0 Å². The Morgan fingerprint density at radius 3 is 2.06 bits per heavy atom. The summed E-state index contributed by atoms with van der Waals surface area (Å²) in [5.41, 5.74) is -0.267. The fourth-order valence-corrected chi connectivity index (χ4v) is 13.3. The summed E-state index contributed by atoms with van der Waals surface area (Å²) in [7, 11) is 0. The van der Waals surface area contributed by atoms with E-state index in [1.807, 2.05) is 0 Å². The van der Waals surface area contributed by atoms with Gasteiger partial charge in [0.2, 0.25) is 0 Å². The predicted molar refractivity (Wildman–Crippen MR) is 184 cm³/mol. The lowest BCUT2D eigenvalue weighted by molar-refractivity contribution is -0.334. The Morgan fingerprint density at radius 2 is 1.36 bits per heavy atom. The lowest BCUT2D eigenvalue weighted by Crippen LogP contribution is -2.63. The molecule has 14 nitrogen and oxygen atoms in total. The minimum Gasteiger partial charge on any atom is -0.394 e. The summed E-state index contributed by atoms with van der Waals surface area (Å²) >= 11 is 0. The first-order valence-corrected chi connectivity index (χ1v) is 20.3. The maximum absolute atomic E-state index is 11.3. The van der Waals surface area contributed by atoms with E-state index in [2.05, 4.69) is 27.7 Å². The monoisotopic (exact) mass is 756 g/mol. The van der Waals surface area contributed by atoms with E-state index in [1.54, 1.807) is 6.92 Å². The third kappa shape index (κ3) is 6.03. The number of hydrogen-bond acceptors (Lipinski definition) is 14. The van der Waals surface area contributed by atoms with Gasteiger partial charge in [-0.15, -0.1) is 0 Å². The van der Waals surface area contributed by atoms with Crippen LogP contribution >= 0.6 is 0 Å². The first-order valence-electron chi connectivity index (χ1n) is 20.3. The third-order valence-electron chi connectivity index (χ3n) is 16.2. The zero-order valence-electron chi connectivity index (χ0n) is 31.7. The van der Waals surface area contributed by atoms with Gasteiger partial charge in [-0.1, -0.05) is 27.7 Å². The molecule has 8 N–H and O–H groups in total. The molecule has 8 fully saturated rings. The SMILES string of the molecule is C[C@H]1CO[C@@]2(O[C@H]3C[C@H]4[C@@H]5C[C@H](O[C@@H]6O[C@H](CO)[C@@H](O)[C@H](O)[C@H]6O)[C@H]6C[C@@H](O[C@@H]7O[C@H](C)[C@H](O)[C@H](O)[C@H]7O)CC[C@]6(C)[C@H]5CC[C@]4(C)[C@H]3[C@@H]2C)[C@@H](O)C1. The maximum Gasteiger partial charge on any atom is 0.197 e. The zero-order valence-corrected chi connectivity index (χ0v) is 31.7. The Hall–Kier alpha value is -0.560. The van der Waals surface area contributed by atoms with E-state index in [0.717, 1.165) is 25.7 Å². The number of rotatable bonds is 5. The summed E-state index contributed by atoms with van der Waals surface area (Å²) in [6, 6.07) is 0. The number of fused-ring (bicyclic) bond motifs is 7. The van der Waals surface area contributed by atoms with Gasteiger partial charge in [-0.05, 0) is 105 Å². The molecule has 0 aromatic heterocycles. The molecule has 0 amide bonds. The molecule has 304 valence electrons. The highest BCUT2D eigenvalue weighted by molar-refractivity contribution is 5.17. The highest BCUT2D eigenvalue weighted by Crippen LogP contribution is 2.71. The topological polar surface area (TPSA) is 217 Å². The van der Waals surface area contributed by atoms with E-state index in [9.17, 15) is 40.9 Å². The van der Waals surface area contributed by atoms with E-state index in [-0.39, 0.29) is 52.6 Å². The van der Waals surface area contributed by atoms with Gasteiger partial charge in [0.25, 0.3) is 0 Å². The van der Waals surface area contributed by atoms with Crippen molar-refractivity contribution in [3.63, 3.8) is 0 Å². The largest absolute Gasteiger partial charge is 0.394 e. The molecule has 4 saturated heterocycles. The molecule has 8 aliphatic rings. The predicted octanol–water partition coefficient (Wildman–Crippen LogP) is 0.411. The van der Waals surface area contributed by atoms with Crippen LogP contribution in [0.2, 0.25) is 0 Å². The Labute approximate surface area is 312 Å². The van der Waals surface area contributed by atoms with Gasteiger partial charge in [0.1, 0.15) is 48.8 Å². The summed E-state index contributed by atoms with van der Waals surface area (Å²) < 4.78 is 38.1. The van der Waals surface area contributed by atoms with Gasteiger partial charge in [0, 0.05) is 5.92 Å². The summed E-state index contributed by atoms with van der Waals surface area (Å²) in [6.07, 6.45) is -8.19. The van der Waals surface area contributed by atoms with Crippen molar-refractivity contribution in [1.82, 2.24) is 0 Å². The van der Waals surface area contributed by atoms with E-state index in [0.29, 0.717) is 44.1 Å². The molecule has 0 unspecified atom stereocenters. The summed E-state index contributed by atoms with van der Waals surface area (Å²) in [4.78, 5) is 0. The fourth-order valence-electron chi connectivity index (χ4n) is 13.3. The van der Waals surface area contributed by atoms with Crippen LogP contribution in [-0.4, -0.2) is 146 Å². The molecule has 1 spiro atoms. The van der Waals surface area contributed by atoms with Crippen molar-refractivity contribution in [3.05, 3.63) is 0 Å². The van der Waals surface area contributed by atoms with Gasteiger partial charge < -0.3 is 69.3 Å². The van der Waals surface area contributed by atoms with E-state index in [4.69, 9.17) is 28.4 Å². The molecular formula is C39H64O14. The molecule has 4 saturated carbocycles. The van der Waals surface area contributed by atoms with Gasteiger partial charge in [0.05, 0.1) is 37.6 Å². The highest BCUT2D eigenvalue weighted by Gasteiger charge is 2.71. The van der Waals surface area contributed by atoms with Crippen molar-refractivity contribution in [2.75, 3.05) is 13.2 Å². The minimum atomic E-state index is -1.57. The first-order chi connectivity index (χ1) is 25.0. The maximum atomic E-state index is 11.3. The van der Waals surface area contributed by atoms with Crippen molar-refractivity contribution >= 4 is 0 Å². The van der Waals surface area contributed by atoms with E-state index >= 15 is 0 Å². The van der Waals surface area contributed by atoms with Crippen LogP contribution in [0.25, 0.3) is 0 Å². The Balaban J connectivity index is 1.07. The van der Waals surface area contributed by atoms with Crippen LogP contribution in [-0.2, 0) is 28.4 Å². The van der Waals surface area contributed by atoms with Crippen molar-refractivity contribution in [3.8, 4) is 0 Å². The molecule has 0 aromatic rings. The Kier molecular flexibility index (Phi) is 10.4. The van der Waals surface area contributed by atoms with Crippen LogP contribution in [0.1, 0.15) is 86.0 Å². The number of aliphatic hydroxyl groups excluding tert-OH is 8. The molecule has 0 bridgehead atoms. The van der Waals surface area contributed by atoms with Crippen molar-refractivity contribution in [2.24, 2.45) is 52.3 Å². The second kappa shape index (κ2) is 14.1. The van der Waals surface area contributed by atoms with Crippen LogP contribution in [0, 0.1) is 52.3 Å². The zero-order chi connectivity index (χ0) is 37.9. The minimum absolute atomic E-state index is 0.0157. The standard InChI is InChI=1S/C39H64O14/c1-16-10-27(41)39(48-15-16)17(2)28-25(53-39)13-22-20-12-24(51-36-34(47)32(45)30(43)26(14-40)52-36)23-11-19(50-35-33(46)31(44)29(42)18(3)49-35)6-8-37(23,4)21(20)7-9-38(22,28)5/h16-36,40-47H,6-15H2,1-5H3/t16-,17+,18-,19+,20-,21+,22+,23-,24+,25+,26-,27+,28+,29+,30-,31+,32+,33-,34-,35+,36-,37-,38+,39+/m1/s1. The van der Waals surface area contributed by atoms with Crippen LogP contribution < -0.4 is 0 Å². The second-order valence-corrected chi connectivity index (χ2v) is 19.0. The lowest BCUT2D eigenvalue weighted by Gasteiger charge is -2.63. The van der Waals surface area contributed by atoms with Crippen molar-refractivity contribution in [1.29, 1.82) is 0 Å². The van der Waals surface area contributed by atoms with Crippen molar-refractivity contribution in [2.45, 2.75) is 178 Å². The normalized spacial score (nSPS) is 61.0. The quantitative estimate of drug-likeness (QED) is 0.179. The summed E-state index contributed by atoms with van der Waals surface area (Å²) in [6.45, 7) is 10.7. The molecule has 4 heterocycles. The van der Waals surface area contributed by atoms with Crippen LogP contribution in [0.15, 0.2) is 0 Å². The average Bonchev–Trinajstić information content (AvgIpc) is 3.58. The number of ether oxygens (including phenoxy) is 6. The summed E-state index contributed by atoms with van der Waals surface area (Å²) in [5, 5.41) is 85.1. The van der Waals surface area contributed by atoms with Gasteiger partial charge >= 0.3 is 0 Å². The Bertz CT molecular complexity index is 1320. The van der Waals surface area contributed by atoms with Gasteiger partial charge in [-0.2, -0.15) is 0 Å². The van der Waals surface area contributed by atoms with Crippen LogP contribution in [0.5, 0.6) is 0 Å². The molecular weight excluding hydrogens is 692 g/mol. The van der Waals surface area contributed by atoms with Gasteiger partial charge in [0.15, 0.2) is 18.4 Å². The highest BCUT2D eigenvalue weighted by atomic mass is 16.7. The summed E-state index contributed by atoms with van der Waals surface area (Å²) in [5.74, 6) is 0.351. The molecule has 0 aromatic carbocycles. The Morgan fingerprint density at radius 1 is 0.679 bits per heavy atom. The smallest absolute Gasteiger partial charge is 0.197 e. The molecule has 14 heteroatoms. The van der Waals surface area contributed by atoms with Crippen LogP contribution in [0.3, 0.4) is 0 Å². The molecule has 8 rings (SSSR count). The first kappa shape index (κ1) is 39.3. The molecule has 24 atom stereocenters. The third-order valence-corrected chi connectivity index (χ3v) is 16.2. The average molecular weight is 757 g/mol. The fraction of sp³-hybridized carbons (Fsp3) is 1.00. The van der Waals surface area contributed by atoms with Gasteiger partial charge in [-0.25, -0.2) is 0 Å². The molecule has 4 aliphatic carbocycles. The molecule has 4 aliphatic heterocycles. The van der Waals surface area contributed by atoms with Crippen molar-refractivity contribution < 1.29 is 69.3 Å². The second-order valence-electron chi connectivity index (χ2n) is 19.0. The van der Waals surface area contributed by atoms with E-state index in [1.165, 1.54) is 0 Å². The lowest BCUT2D eigenvalue weighted by atomic mass is 9.43. The number of aliphatic hydroxyl groups is 8. The van der Waals surface area contributed by atoms with Crippen LogP contribution in [0.4, 0.5) is 0 Å². The molecule has 0 radical (unpaired) electrons. The molecule has 53 heavy (non-hydrogen) atoms.